The van der Waals surface area contributed by atoms with Crippen LogP contribution in [0.2, 0.25) is 5.02 Å². The van der Waals surface area contributed by atoms with Gasteiger partial charge < -0.3 is 9.64 Å². The second-order valence-corrected chi connectivity index (χ2v) is 5.36. The Morgan fingerprint density at radius 2 is 1.95 bits per heavy atom. The molecule has 0 saturated heterocycles. The van der Waals surface area contributed by atoms with Crippen molar-refractivity contribution < 1.29 is 4.74 Å². The quantitative estimate of drug-likeness (QED) is 0.719. The van der Waals surface area contributed by atoms with Crippen LogP contribution in [0.4, 0.5) is 5.69 Å². The third-order valence-electron chi connectivity index (χ3n) is 2.71. The average molecular weight is 341 g/mol. The molecule has 0 aliphatic heterocycles. The topological polar surface area (TPSA) is 12.5 Å². The average Bonchev–Trinajstić information content (AvgIpc) is 2.41. The Balaban J connectivity index is 2.23. The van der Waals surface area contributed by atoms with Gasteiger partial charge in [-0.05, 0) is 29.8 Å². The van der Waals surface area contributed by atoms with E-state index >= 15 is 0 Å². The molecule has 0 saturated carbocycles. The third kappa shape index (κ3) is 3.64. The van der Waals surface area contributed by atoms with Gasteiger partial charge in [0, 0.05) is 31.2 Å². The Labute approximate surface area is 127 Å². The first-order chi connectivity index (χ1) is 9.10. The highest BCUT2D eigenvalue weighted by atomic mass is 79.9. The molecule has 0 amide bonds. The van der Waals surface area contributed by atoms with E-state index in [-0.39, 0.29) is 0 Å². The summed E-state index contributed by atoms with van der Waals surface area (Å²) < 4.78 is 5.83. The molecule has 2 rings (SSSR count). The summed E-state index contributed by atoms with van der Waals surface area (Å²) >= 11 is 9.61. The molecule has 0 radical (unpaired) electrons. The Bertz CT molecular complexity index is 572. The molecule has 0 spiro atoms. The first kappa shape index (κ1) is 14.2. The van der Waals surface area contributed by atoms with Gasteiger partial charge in [-0.1, -0.05) is 39.7 Å². The normalized spacial score (nSPS) is 10.3. The lowest BCUT2D eigenvalue weighted by atomic mass is 10.2. The fraction of sp³-hybridized carbons (Fsp3) is 0.200. The van der Waals surface area contributed by atoms with Crippen LogP contribution in [0.1, 0.15) is 5.56 Å². The van der Waals surface area contributed by atoms with Crippen molar-refractivity contribution >= 4 is 33.2 Å². The number of hydrogen-bond donors (Lipinski definition) is 0. The molecule has 19 heavy (non-hydrogen) atoms. The van der Waals surface area contributed by atoms with E-state index < -0.39 is 0 Å². The van der Waals surface area contributed by atoms with Crippen molar-refractivity contribution in [3.63, 3.8) is 0 Å². The van der Waals surface area contributed by atoms with Crippen molar-refractivity contribution in [2.45, 2.75) is 5.33 Å². The smallest absolute Gasteiger partial charge is 0.146 e. The van der Waals surface area contributed by atoms with Crippen molar-refractivity contribution in [1.29, 1.82) is 0 Å². The lowest BCUT2D eigenvalue weighted by Gasteiger charge is -2.14. The Hall–Kier alpha value is -1.19. The molecule has 100 valence electrons. The predicted molar refractivity (Wildman–Crippen MR) is 84.9 cm³/mol. The molecular weight excluding hydrogens is 326 g/mol. The van der Waals surface area contributed by atoms with Gasteiger partial charge in [0.15, 0.2) is 0 Å². The first-order valence-corrected chi connectivity index (χ1v) is 7.39. The molecule has 0 unspecified atom stereocenters. The monoisotopic (exact) mass is 339 g/mol. The van der Waals surface area contributed by atoms with Crippen molar-refractivity contribution in [1.82, 2.24) is 0 Å². The maximum Gasteiger partial charge on any atom is 0.146 e. The van der Waals surface area contributed by atoms with Crippen LogP contribution in [0.5, 0.6) is 11.5 Å². The van der Waals surface area contributed by atoms with Crippen LogP contribution in [0.25, 0.3) is 0 Å². The zero-order chi connectivity index (χ0) is 13.8. The van der Waals surface area contributed by atoms with Crippen LogP contribution in [0.3, 0.4) is 0 Å². The highest BCUT2D eigenvalue weighted by Gasteiger charge is 2.05. The van der Waals surface area contributed by atoms with E-state index in [1.165, 1.54) is 0 Å². The molecule has 0 bridgehead atoms. The first-order valence-electron chi connectivity index (χ1n) is 5.90. The molecule has 4 heteroatoms. The number of halogens is 2. The SMILES string of the molecule is CN(C)c1cccc(Oc2ccc(CBr)cc2Cl)c1. The van der Waals surface area contributed by atoms with Crippen LogP contribution < -0.4 is 9.64 Å². The molecule has 0 heterocycles. The summed E-state index contributed by atoms with van der Waals surface area (Å²) in [7, 11) is 3.99. The summed E-state index contributed by atoms with van der Waals surface area (Å²) in [5.74, 6) is 1.45. The lowest BCUT2D eigenvalue weighted by Crippen LogP contribution is -2.08. The number of ether oxygens (including phenoxy) is 1. The maximum atomic E-state index is 6.20. The van der Waals surface area contributed by atoms with Crippen LogP contribution in [0, 0.1) is 0 Å². The van der Waals surface area contributed by atoms with E-state index in [1.807, 2.05) is 61.5 Å². The van der Waals surface area contributed by atoms with Crippen LogP contribution in [0.15, 0.2) is 42.5 Å². The van der Waals surface area contributed by atoms with Gasteiger partial charge in [-0.15, -0.1) is 0 Å². The molecule has 0 atom stereocenters. The van der Waals surface area contributed by atoms with Crippen LogP contribution in [-0.4, -0.2) is 14.1 Å². The predicted octanol–water partition coefficient (Wildman–Crippen LogP) is 5.09. The van der Waals surface area contributed by atoms with Gasteiger partial charge in [0.05, 0.1) is 5.02 Å². The fourth-order valence-corrected chi connectivity index (χ4v) is 2.25. The Morgan fingerprint density at radius 3 is 2.58 bits per heavy atom. The third-order valence-corrected chi connectivity index (χ3v) is 3.66. The van der Waals surface area contributed by atoms with Crippen molar-refractivity contribution in [3.05, 3.63) is 53.1 Å². The largest absolute Gasteiger partial charge is 0.456 e. The van der Waals surface area contributed by atoms with Gasteiger partial charge in [-0.25, -0.2) is 0 Å². The molecular formula is C15H15BrClNO. The van der Waals surface area contributed by atoms with E-state index in [2.05, 4.69) is 15.9 Å². The van der Waals surface area contributed by atoms with Gasteiger partial charge in [-0.3, -0.25) is 0 Å². The number of alkyl halides is 1. The van der Waals surface area contributed by atoms with Gasteiger partial charge >= 0.3 is 0 Å². The summed E-state index contributed by atoms with van der Waals surface area (Å²) in [6.07, 6.45) is 0. The molecule has 0 N–H and O–H groups in total. The zero-order valence-electron chi connectivity index (χ0n) is 10.9. The van der Waals surface area contributed by atoms with Crippen LogP contribution in [-0.2, 0) is 5.33 Å². The number of hydrogen-bond acceptors (Lipinski definition) is 2. The summed E-state index contributed by atoms with van der Waals surface area (Å²) in [6.45, 7) is 0. The fourth-order valence-electron chi connectivity index (χ4n) is 1.66. The van der Waals surface area contributed by atoms with Crippen LogP contribution >= 0.6 is 27.5 Å². The number of benzene rings is 2. The molecule has 2 nitrogen and oxygen atoms in total. The van der Waals surface area contributed by atoms with E-state index in [0.717, 1.165) is 22.3 Å². The summed E-state index contributed by atoms with van der Waals surface area (Å²) in [5.41, 5.74) is 2.21. The summed E-state index contributed by atoms with van der Waals surface area (Å²) in [4.78, 5) is 2.03. The molecule has 0 aromatic heterocycles. The van der Waals surface area contributed by atoms with E-state index in [4.69, 9.17) is 16.3 Å². The minimum Gasteiger partial charge on any atom is -0.456 e. The van der Waals surface area contributed by atoms with E-state index in [1.54, 1.807) is 0 Å². The van der Waals surface area contributed by atoms with E-state index in [0.29, 0.717) is 10.8 Å². The standard InChI is InChI=1S/C15H15BrClNO/c1-18(2)12-4-3-5-13(9-12)19-15-7-6-11(10-16)8-14(15)17/h3-9H,10H2,1-2H3. The van der Waals surface area contributed by atoms with Crippen molar-refractivity contribution in [3.8, 4) is 11.5 Å². The minimum atomic E-state index is 0.618. The van der Waals surface area contributed by atoms with Gasteiger partial charge in [0.25, 0.3) is 0 Å². The molecule has 0 fully saturated rings. The molecule has 2 aromatic rings. The zero-order valence-corrected chi connectivity index (χ0v) is 13.2. The Kier molecular flexibility index (Phi) is 4.72. The van der Waals surface area contributed by atoms with Crippen molar-refractivity contribution in [2.75, 3.05) is 19.0 Å². The second-order valence-electron chi connectivity index (χ2n) is 4.39. The second kappa shape index (κ2) is 6.31. The highest BCUT2D eigenvalue weighted by Crippen LogP contribution is 2.31. The van der Waals surface area contributed by atoms with Crippen molar-refractivity contribution in [2.24, 2.45) is 0 Å². The molecule has 2 aromatic carbocycles. The number of anilines is 1. The Morgan fingerprint density at radius 1 is 1.16 bits per heavy atom. The van der Waals surface area contributed by atoms with Gasteiger partial charge in [0.2, 0.25) is 0 Å². The number of nitrogens with zero attached hydrogens (tertiary/aromatic N) is 1. The van der Waals surface area contributed by atoms with Gasteiger partial charge in [0.1, 0.15) is 11.5 Å². The van der Waals surface area contributed by atoms with E-state index in [9.17, 15) is 0 Å². The summed E-state index contributed by atoms with van der Waals surface area (Å²) in [6, 6.07) is 13.7. The minimum absolute atomic E-state index is 0.618. The lowest BCUT2D eigenvalue weighted by molar-refractivity contribution is 0.483. The number of rotatable bonds is 4. The highest BCUT2D eigenvalue weighted by molar-refractivity contribution is 9.08. The molecule has 0 aliphatic carbocycles. The summed E-state index contributed by atoms with van der Waals surface area (Å²) in [5, 5.41) is 1.40. The van der Waals surface area contributed by atoms with Gasteiger partial charge in [-0.2, -0.15) is 0 Å². The maximum absolute atomic E-state index is 6.20. The molecule has 0 aliphatic rings.